The molecule has 0 spiro atoms. The molecule has 1 fully saturated rings. The van der Waals surface area contributed by atoms with E-state index in [1.165, 1.54) is 13.0 Å². The third-order valence-electron chi connectivity index (χ3n) is 3.41. The van der Waals surface area contributed by atoms with Crippen LogP contribution < -0.4 is 5.32 Å². The average Bonchev–Trinajstić information content (AvgIpc) is 2.33. The Morgan fingerprint density at radius 2 is 1.90 bits per heavy atom. The number of nitrogens with one attached hydrogen (secondary N) is 1. The second kappa shape index (κ2) is 4.88. The van der Waals surface area contributed by atoms with Gasteiger partial charge in [0.2, 0.25) is 11.8 Å². The molecular formula is C13H11F4NO2. The summed E-state index contributed by atoms with van der Waals surface area (Å²) in [5, 5.41) is 2.11. The first kappa shape index (κ1) is 14.5. The number of halogens is 4. The van der Waals surface area contributed by atoms with Crippen LogP contribution in [-0.4, -0.2) is 11.8 Å². The number of hydrogen-bond donors (Lipinski definition) is 1. The van der Waals surface area contributed by atoms with Gasteiger partial charge in [-0.2, -0.15) is 13.2 Å². The fourth-order valence-electron chi connectivity index (χ4n) is 2.26. The maximum atomic E-state index is 13.2. The van der Waals surface area contributed by atoms with E-state index in [-0.39, 0.29) is 12.0 Å². The number of piperidine rings is 1. The van der Waals surface area contributed by atoms with Crippen LogP contribution in [0.4, 0.5) is 17.6 Å². The van der Waals surface area contributed by atoms with Crippen LogP contribution in [0.5, 0.6) is 0 Å². The molecule has 1 aliphatic heterocycles. The van der Waals surface area contributed by atoms with Gasteiger partial charge in [-0.1, -0.05) is 13.0 Å². The van der Waals surface area contributed by atoms with Crippen molar-refractivity contribution < 1.29 is 27.2 Å². The molecule has 1 saturated heterocycles. The Bertz CT molecular complexity index is 568. The lowest BCUT2D eigenvalue weighted by molar-refractivity contribution is -0.140. The number of hydrogen-bond acceptors (Lipinski definition) is 2. The first-order valence-electron chi connectivity index (χ1n) is 5.90. The Balaban J connectivity index is 2.42. The number of rotatable bonds is 1. The van der Waals surface area contributed by atoms with E-state index in [1.807, 2.05) is 0 Å². The molecule has 2 rings (SSSR count). The summed E-state index contributed by atoms with van der Waals surface area (Å²) in [7, 11) is 0. The van der Waals surface area contributed by atoms with Gasteiger partial charge in [0.15, 0.2) is 0 Å². The first-order valence-corrected chi connectivity index (χ1v) is 5.90. The van der Waals surface area contributed by atoms with Crippen LogP contribution in [-0.2, 0) is 15.8 Å². The van der Waals surface area contributed by atoms with Crippen molar-refractivity contribution >= 4 is 11.8 Å². The number of amides is 2. The normalized spacial score (nSPS) is 23.6. The van der Waals surface area contributed by atoms with Crippen LogP contribution in [0, 0.1) is 11.7 Å². The molecule has 108 valence electrons. The van der Waals surface area contributed by atoms with Crippen LogP contribution >= 0.6 is 0 Å². The molecule has 1 N–H and O–H groups in total. The van der Waals surface area contributed by atoms with Gasteiger partial charge in [-0.05, 0) is 17.7 Å². The number of carbonyl (C=O) groups excluding carboxylic acids is 2. The van der Waals surface area contributed by atoms with Crippen molar-refractivity contribution in [3.8, 4) is 0 Å². The summed E-state index contributed by atoms with van der Waals surface area (Å²) >= 11 is 0. The minimum Gasteiger partial charge on any atom is -0.296 e. The highest BCUT2D eigenvalue weighted by Crippen LogP contribution is 2.36. The minimum absolute atomic E-state index is 0.101. The predicted octanol–water partition coefficient (Wildman–Crippen LogP) is 2.61. The highest BCUT2D eigenvalue weighted by atomic mass is 19.4. The summed E-state index contributed by atoms with van der Waals surface area (Å²) in [6, 6.07) is 2.56. The van der Waals surface area contributed by atoms with Gasteiger partial charge in [0, 0.05) is 18.3 Å². The van der Waals surface area contributed by atoms with Crippen LogP contribution in [0.1, 0.15) is 30.4 Å². The van der Waals surface area contributed by atoms with E-state index in [0.29, 0.717) is 12.1 Å². The SMILES string of the molecule is CC1C(=O)NC(=O)CC1c1ccc(F)c(C(F)(F)F)c1. The summed E-state index contributed by atoms with van der Waals surface area (Å²) in [5.41, 5.74) is -1.25. The number of benzene rings is 1. The summed E-state index contributed by atoms with van der Waals surface area (Å²) in [4.78, 5) is 22.8. The molecule has 0 saturated carbocycles. The topological polar surface area (TPSA) is 46.2 Å². The van der Waals surface area contributed by atoms with E-state index >= 15 is 0 Å². The first-order chi connectivity index (χ1) is 9.20. The monoisotopic (exact) mass is 289 g/mol. The van der Waals surface area contributed by atoms with Crippen LogP contribution in [0.25, 0.3) is 0 Å². The Hall–Kier alpha value is -1.92. The fraction of sp³-hybridized carbons (Fsp3) is 0.385. The van der Waals surface area contributed by atoms with Crippen LogP contribution in [0.15, 0.2) is 18.2 Å². The molecule has 1 aromatic rings. The second-order valence-electron chi connectivity index (χ2n) is 4.75. The molecule has 0 aromatic heterocycles. The number of carbonyl (C=O) groups is 2. The van der Waals surface area contributed by atoms with E-state index in [4.69, 9.17) is 0 Å². The lowest BCUT2D eigenvalue weighted by atomic mass is 9.81. The van der Waals surface area contributed by atoms with E-state index < -0.39 is 41.2 Å². The highest BCUT2D eigenvalue weighted by Gasteiger charge is 2.37. The van der Waals surface area contributed by atoms with Gasteiger partial charge in [0.05, 0.1) is 5.56 Å². The van der Waals surface area contributed by atoms with Gasteiger partial charge in [0.25, 0.3) is 0 Å². The summed E-state index contributed by atoms with van der Waals surface area (Å²) in [5.74, 6) is -3.79. The Morgan fingerprint density at radius 3 is 2.50 bits per heavy atom. The maximum Gasteiger partial charge on any atom is 0.419 e. The van der Waals surface area contributed by atoms with E-state index in [1.54, 1.807) is 0 Å². The zero-order valence-electron chi connectivity index (χ0n) is 10.4. The number of imide groups is 1. The van der Waals surface area contributed by atoms with Gasteiger partial charge < -0.3 is 0 Å². The van der Waals surface area contributed by atoms with Gasteiger partial charge >= 0.3 is 6.18 Å². The molecule has 0 bridgehead atoms. The Morgan fingerprint density at radius 1 is 1.25 bits per heavy atom. The molecule has 2 atom stereocenters. The van der Waals surface area contributed by atoms with Gasteiger partial charge in [-0.15, -0.1) is 0 Å². The molecule has 3 nitrogen and oxygen atoms in total. The Labute approximate surface area is 112 Å². The zero-order chi connectivity index (χ0) is 15.1. The van der Waals surface area contributed by atoms with Crippen molar-refractivity contribution in [2.75, 3.05) is 0 Å². The number of alkyl halides is 3. The summed E-state index contributed by atoms with van der Waals surface area (Å²) < 4.78 is 51.2. The third-order valence-corrected chi connectivity index (χ3v) is 3.41. The van der Waals surface area contributed by atoms with Crippen LogP contribution in [0.3, 0.4) is 0 Å². The molecule has 7 heteroatoms. The molecule has 1 heterocycles. The Kier molecular flexibility index (Phi) is 3.54. The molecule has 1 aromatic carbocycles. The van der Waals surface area contributed by atoms with Crippen LogP contribution in [0.2, 0.25) is 0 Å². The third kappa shape index (κ3) is 2.66. The summed E-state index contributed by atoms with van der Waals surface area (Å²) in [6.45, 7) is 1.52. The highest BCUT2D eigenvalue weighted by molar-refractivity contribution is 5.99. The lowest BCUT2D eigenvalue weighted by Crippen LogP contribution is -2.43. The molecule has 0 aliphatic carbocycles. The zero-order valence-corrected chi connectivity index (χ0v) is 10.4. The molecule has 2 unspecified atom stereocenters. The quantitative estimate of drug-likeness (QED) is 0.638. The van der Waals surface area contributed by atoms with E-state index in [2.05, 4.69) is 5.32 Å². The van der Waals surface area contributed by atoms with Gasteiger partial charge in [0.1, 0.15) is 5.82 Å². The lowest BCUT2D eigenvalue weighted by Gasteiger charge is -2.28. The molecule has 0 radical (unpaired) electrons. The molecular weight excluding hydrogens is 278 g/mol. The van der Waals surface area contributed by atoms with E-state index in [0.717, 1.165) is 0 Å². The maximum absolute atomic E-state index is 13.2. The fourth-order valence-corrected chi connectivity index (χ4v) is 2.26. The van der Waals surface area contributed by atoms with Gasteiger partial charge in [-0.25, -0.2) is 4.39 Å². The standard InChI is InChI=1S/C13H11F4NO2/c1-6-8(5-11(19)18-12(6)20)7-2-3-10(14)9(4-7)13(15,16)17/h2-4,6,8H,5H2,1H3,(H,18,19,20). The van der Waals surface area contributed by atoms with Crippen molar-refractivity contribution in [3.63, 3.8) is 0 Å². The van der Waals surface area contributed by atoms with Crippen molar-refractivity contribution in [3.05, 3.63) is 35.1 Å². The van der Waals surface area contributed by atoms with Crippen molar-refractivity contribution in [1.29, 1.82) is 0 Å². The largest absolute Gasteiger partial charge is 0.419 e. The smallest absolute Gasteiger partial charge is 0.296 e. The average molecular weight is 289 g/mol. The summed E-state index contributed by atoms with van der Waals surface area (Å²) in [6.07, 6.45) is -4.92. The molecule has 20 heavy (non-hydrogen) atoms. The second-order valence-corrected chi connectivity index (χ2v) is 4.75. The molecule has 2 amide bonds. The van der Waals surface area contributed by atoms with Crippen molar-refractivity contribution in [1.82, 2.24) is 5.32 Å². The molecule has 1 aliphatic rings. The predicted molar refractivity (Wildman–Crippen MR) is 61.1 cm³/mol. The van der Waals surface area contributed by atoms with Crippen molar-refractivity contribution in [2.24, 2.45) is 5.92 Å². The minimum atomic E-state index is -4.82. The van der Waals surface area contributed by atoms with Gasteiger partial charge in [-0.3, -0.25) is 14.9 Å². The van der Waals surface area contributed by atoms with Crippen molar-refractivity contribution in [2.45, 2.75) is 25.4 Å². The van der Waals surface area contributed by atoms with E-state index in [9.17, 15) is 27.2 Å².